The van der Waals surface area contributed by atoms with Gasteiger partial charge in [0.05, 0.1) is 12.3 Å². The maximum Gasteiger partial charge on any atom is 0.303 e. The van der Waals surface area contributed by atoms with Gasteiger partial charge in [0.2, 0.25) is 5.91 Å². The zero-order valence-electron chi connectivity index (χ0n) is 15.8. The highest BCUT2D eigenvalue weighted by Gasteiger charge is 2.25. The molecular weight excluding hydrogens is 376 g/mol. The number of aliphatic carboxylic acids is 1. The van der Waals surface area contributed by atoms with Gasteiger partial charge in [0, 0.05) is 25.1 Å². The number of carbonyl (C=O) groups is 3. The van der Waals surface area contributed by atoms with Gasteiger partial charge in [0.1, 0.15) is 11.5 Å². The Hall–Kier alpha value is -3.55. The van der Waals surface area contributed by atoms with Crippen LogP contribution in [0.15, 0.2) is 48.5 Å². The lowest BCUT2D eigenvalue weighted by Gasteiger charge is -2.29. The van der Waals surface area contributed by atoms with E-state index in [4.69, 9.17) is 14.6 Å². The molecule has 152 valence electrons. The van der Waals surface area contributed by atoms with Crippen molar-refractivity contribution in [3.8, 4) is 11.5 Å². The van der Waals surface area contributed by atoms with Crippen molar-refractivity contribution in [3.05, 3.63) is 48.5 Å². The van der Waals surface area contributed by atoms with E-state index in [0.717, 1.165) is 0 Å². The van der Waals surface area contributed by atoms with Crippen molar-refractivity contribution in [2.24, 2.45) is 0 Å². The monoisotopic (exact) mass is 398 g/mol. The van der Waals surface area contributed by atoms with E-state index >= 15 is 0 Å². The Morgan fingerprint density at radius 1 is 1.10 bits per heavy atom. The van der Waals surface area contributed by atoms with Gasteiger partial charge in [0.25, 0.3) is 5.91 Å². The molecule has 29 heavy (non-hydrogen) atoms. The summed E-state index contributed by atoms with van der Waals surface area (Å²) in [6, 6.07) is 14.1. The van der Waals surface area contributed by atoms with E-state index in [1.807, 2.05) is 12.1 Å². The van der Waals surface area contributed by atoms with E-state index in [1.54, 1.807) is 41.3 Å². The molecule has 1 aliphatic rings. The molecule has 2 aromatic carbocycles. The van der Waals surface area contributed by atoms with Crippen LogP contribution in [0.2, 0.25) is 0 Å². The molecule has 0 spiro atoms. The Morgan fingerprint density at radius 2 is 1.86 bits per heavy atom. The van der Waals surface area contributed by atoms with E-state index in [0.29, 0.717) is 35.9 Å². The molecule has 0 saturated carbocycles. The lowest BCUT2D eigenvalue weighted by molar-refractivity contribution is -0.137. The Balaban J connectivity index is 1.47. The smallest absolute Gasteiger partial charge is 0.303 e. The molecule has 0 aromatic heterocycles. The van der Waals surface area contributed by atoms with Gasteiger partial charge in [-0.25, -0.2) is 0 Å². The second-order valence-corrected chi connectivity index (χ2v) is 6.47. The van der Waals surface area contributed by atoms with Crippen LogP contribution in [-0.4, -0.2) is 42.6 Å². The maximum atomic E-state index is 12.3. The molecule has 0 fully saturated rings. The first kappa shape index (κ1) is 20.2. The second kappa shape index (κ2) is 9.59. The van der Waals surface area contributed by atoms with Gasteiger partial charge in [-0.05, 0) is 42.8 Å². The van der Waals surface area contributed by atoms with Crippen LogP contribution in [0, 0.1) is 0 Å². The summed E-state index contributed by atoms with van der Waals surface area (Å²) in [6.07, 6.45) is 0.634. The van der Waals surface area contributed by atoms with E-state index in [2.05, 4.69) is 5.32 Å². The van der Waals surface area contributed by atoms with Crippen molar-refractivity contribution < 1.29 is 29.0 Å². The van der Waals surface area contributed by atoms with Crippen LogP contribution in [0.1, 0.15) is 19.3 Å². The van der Waals surface area contributed by atoms with Gasteiger partial charge in [-0.15, -0.1) is 0 Å². The molecule has 3 rings (SSSR count). The highest BCUT2D eigenvalue weighted by molar-refractivity contribution is 5.99. The summed E-state index contributed by atoms with van der Waals surface area (Å²) in [5.41, 5.74) is 1.28. The number of ether oxygens (including phenoxy) is 2. The van der Waals surface area contributed by atoms with Gasteiger partial charge < -0.3 is 24.8 Å². The summed E-state index contributed by atoms with van der Waals surface area (Å²) in [6.45, 7) is 0.537. The number of nitrogens with zero attached hydrogens (tertiary/aromatic N) is 1. The van der Waals surface area contributed by atoms with Gasteiger partial charge in [-0.2, -0.15) is 0 Å². The molecule has 1 aliphatic heterocycles. The predicted octanol–water partition coefficient (Wildman–Crippen LogP) is 2.68. The molecular formula is C21H22N2O6. The number of benzene rings is 2. The number of para-hydroxylation sites is 2. The third kappa shape index (κ3) is 5.71. The Bertz CT molecular complexity index is 881. The Labute approximate surface area is 168 Å². The number of fused-ring (bicyclic) bond motifs is 1. The largest absolute Gasteiger partial charge is 0.494 e. The first-order valence-electron chi connectivity index (χ1n) is 9.29. The van der Waals surface area contributed by atoms with Crippen LogP contribution < -0.4 is 19.7 Å². The summed E-state index contributed by atoms with van der Waals surface area (Å²) < 4.78 is 10.8. The van der Waals surface area contributed by atoms with E-state index in [-0.39, 0.29) is 37.8 Å². The molecule has 8 heteroatoms. The second-order valence-electron chi connectivity index (χ2n) is 6.47. The van der Waals surface area contributed by atoms with Crippen LogP contribution in [0.3, 0.4) is 0 Å². The average Bonchev–Trinajstić information content (AvgIpc) is 2.71. The van der Waals surface area contributed by atoms with Crippen LogP contribution >= 0.6 is 0 Å². The van der Waals surface area contributed by atoms with Gasteiger partial charge in [-0.3, -0.25) is 14.4 Å². The Kier molecular flexibility index (Phi) is 6.67. The van der Waals surface area contributed by atoms with Crippen molar-refractivity contribution in [3.63, 3.8) is 0 Å². The van der Waals surface area contributed by atoms with Gasteiger partial charge in [-0.1, -0.05) is 12.1 Å². The lowest BCUT2D eigenvalue weighted by Crippen LogP contribution is -2.40. The van der Waals surface area contributed by atoms with Crippen molar-refractivity contribution in [2.45, 2.75) is 19.3 Å². The maximum absolute atomic E-state index is 12.3. The topological polar surface area (TPSA) is 105 Å². The average molecular weight is 398 g/mol. The molecule has 0 saturated heterocycles. The highest BCUT2D eigenvalue weighted by Crippen LogP contribution is 2.31. The SMILES string of the molecule is O=C(O)CCCOc1ccc(NC(=O)CCN2C(=O)COc3ccccc32)cc1. The van der Waals surface area contributed by atoms with Crippen molar-refractivity contribution >= 4 is 29.2 Å². The van der Waals surface area contributed by atoms with Crippen LogP contribution in [0.25, 0.3) is 0 Å². The molecule has 0 radical (unpaired) electrons. The molecule has 0 atom stereocenters. The number of hydrogen-bond acceptors (Lipinski definition) is 5. The Morgan fingerprint density at radius 3 is 2.62 bits per heavy atom. The fourth-order valence-corrected chi connectivity index (χ4v) is 2.88. The van der Waals surface area contributed by atoms with Crippen LogP contribution in [0.4, 0.5) is 11.4 Å². The third-order valence-electron chi connectivity index (χ3n) is 4.31. The molecule has 2 aromatic rings. The fourth-order valence-electron chi connectivity index (χ4n) is 2.88. The number of rotatable bonds is 9. The first-order valence-corrected chi connectivity index (χ1v) is 9.29. The van der Waals surface area contributed by atoms with E-state index in [1.165, 1.54) is 0 Å². The molecule has 2 amide bonds. The predicted molar refractivity (Wildman–Crippen MR) is 106 cm³/mol. The quantitative estimate of drug-likeness (QED) is 0.629. The van der Waals surface area contributed by atoms with Crippen molar-refractivity contribution in [1.29, 1.82) is 0 Å². The number of carboxylic acids is 1. The zero-order chi connectivity index (χ0) is 20.6. The van der Waals surface area contributed by atoms with Crippen molar-refractivity contribution in [2.75, 3.05) is 30.0 Å². The molecule has 2 N–H and O–H groups in total. The molecule has 0 unspecified atom stereocenters. The zero-order valence-corrected chi connectivity index (χ0v) is 15.8. The van der Waals surface area contributed by atoms with Crippen molar-refractivity contribution in [1.82, 2.24) is 0 Å². The van der Waals surface area contributed by atoms with Gasteiger partial charge >= 0.3 is 5.97 Å². The standard InChI is InChI=1S/C21H22N2O6/c24-19(11-12-23-17-4-1-2-5-18(17)29-14-20(23)25)22-15-7-9-16(10-8-15)28-13-3-6-21(26)27/h1-2,4-5,7-10H,3,6,11-14H2,(H,22,24)(H,26,27). The summed E-state index contributed by atoms with van der Waals surface area (Å²) in [5, 5.41) is 11.4. The first-order chi connectivity index (χ1) is 14.0. The minimum atomic E-state index is -0.853. The summed E-state index contributed by atoms with van der Waals surface area (Å²) in [7, 11) is 0. The number of amides is 2. The molecule has 0 aliphatic carbocycles. The van der Waals surface area contributed by atoms with Crippen LogP contribution in [0.5, 0.6) is 11.5 Å². The summed E-state index contributed by atoms with van der Waals surface area (Å²) >= 11 is 0. The fraction of sp³-hybridized carbons (Fsp3) is 0.286. The normalized spacial score (nSPS) is 12.7. The number of anilines is 2. The number of nitrogens with one attached hydrogen (secondary N) is 1. The highest BCUT2D eigenvalue weighted by atomic mass is 16.5. The number of carbonyl (C=O) groups excluding carboxylic acids is 2. The summed E-state index contributed by atoms with van der Waals surface area (Å²) in [4.78, 5) is 36.4. The summed E-state index contributed by atoms with van der Waals surface area (Å²) in [5.74, 6) is -0.0120. The minimum absolute atomic E-state index is 0.0352. The molecule has 1 heterocycles. The van der Waals surface area contributed by atoms with Gasteiger partial charge in [0.15, 0.2) is 6.61 Å². The van der Waals surface area contributed by atoms with E-state index in [9.17, 15) is 14.4 Å². The van der Waals surface area contributed by atoms with E-state index < -0.39 is 5.97 Å². The minimum Gasteiger partial charge on any atom is -0.494 e. The number of carboxylic acid groups (broad SMARTS) is 1. The third-order valence-corrected chi connectivity index (χ3v) is 4.31. The van der Waals surface area contributed by atoms with Crippen LogP contribution in [-0.2, 0) is 14.4 Å². The lowest BCUT2D eigenvalue weighted by atomic mass is 10.2. The number of hydrogen-bond donors (Lipinski definition) is 2. The molecule has 0 bridgehead atoms. The molecule has 8 nitrogen and oxygen atoms in total.